The van der Waals surface area contributed by atoms with E-state index in [-0.39, 0.29) is 5.56 Å². The van der Waals surface area contributed by atoms with Gasteiger partial charge in [-0.3, -0.25) is 9.79 Å². The topological polar surface area (TPSA) is 37.6 Å². The highest BCUT2D eigenvalue weighted by molar-refractivity contribution is 5.92. The van der Waals surface area contributed by atoms with Crippen LogP contribution < -0.4 is 5.56 Å². The number of aromatic nitrogens is 1. The molecule has 0 N–H and O–H groups in total. The summed E-state index contributed by atoms with van der Waals surface area (Å²) in [5.41, 5.74) is 4.58. The van der Waals surface area contributed by atoms with Crippen molar-refractivity contribution in [3.63, 3.8) is 0 Å². The first-order valence-corrected chi connectivity index (χ1v) is 10.6. The maximum atomic E-state index is 13.1. The Hall–Kier alpha value is -2.72. The molecule has 1 aliphatic heterocycles. The third kappa shape index (κ3) is 5.42. The van der Waals surface area contributed by atoms with Crippen molar-refractivity contribution in [1.82, 2.24) is 9.47 Å². The number of hydrogen-bond donors (Lipinski definition) is 0. The molecule has 0 atom stereocenters. The second-order valence-electron chi connectivity index (χ2n) is 6.65. The van der Waals surface area contributed by atoms with Crippen molar-refractivity contribution in [3.8, 4) is 11.3 Å². The normalized spacial score (nSPS) is 11.1. The van der Waals surface area contributed by atoms with E-state index < -0.39 is 0 Å². The maximum Gasteiger partial charge on any atom is 0.260 e. The van der Waals surface area contributed by atoms with Crippen LogP contribution in [0.15, 0.2) is 64.4 Å². The van der Waals surface area contributed by atoms with E-state index in [9.17, 15) is 4.79 Å². The lowest BCUT2D eigenvalue weighted by molar-refractivity contribution is 0.290. The first-order chi connectivity index (χ1) is 14.2. The first kappa shape index (κ1) is 22.6. The van der Waals surface area contributed by atoms with Gasteiger partial charge < -0.3 is 9.47 Å². The van der Waals surface area contributed by atoms with Crippen molar-refractivity contribution in [3.05, 3.63) is 76.1 Å². The molecular weight excluding hydrogens is 358 g/mol. The van der Waals surface area contributed by atoms with Crippen molar-refractivity contribution in [2.75, 3.05) is 19.6 Å². The Bertz CT molecular complexity index is 954. The molecule has 4 heteroatoms. The lowest BCUT2D eigenvalue weighted by Gasteiger charge is -2.18. The van der Waals surface area contributed by atoms with Crippen molar-refractivity contribution in [2.45, 2.75) is 41.2 Å². The Kier molecular flexibility index (Phi) is 8.81. The van der Waals surface area contributed by atoms with Gasteiger partial charge in [0, 0.05) is 24.9 Å². The van der Waals surface area contributed by atoms with E-state index in [0.29, 0.717) is 12.1 Å². The molecular formula is C25H33N3O. The monoisotopic (exact) mass is 391 g/mol. The van der Waals surface area contributed by atoms with Crippen LogP contribution in [-0.2, 0) is 6.54 Å². The summed E-state index contributed by atoms with van der Waals surface area (Å²) in [5.74, 6) is 0. The zero-order chi connectivity index (χ0) is 21.2. The highest BCUT2D eigenvalue weighted by atomic mass is 16.1. The highest BCUT2D eigenvalue weighted by Crippen LogP contribution is 2.24. The van der Waals surface area contributed by atoms with Crippen LogP contribution in [0, 0.1) is 6.92 Å². The van der Waals surface area contributed by atoms with Gasteiger partial charge in [0.05, 0.1) is 16.9 Å². The number of aliphatic imine (C=N–C) groups is 1. The summed E-state index contributed by atoms with van der Waals surface area (Å²) >= 11 is 0. The molecule has 0 spiro atoms. The Morgan fingerprint density at radius 3 is 2.31 bits per heavy atom. The Morgan fingerprint density at radius 2 is 1.62 bits per heavy atom. The van der Waals surface area contributed by atoms with Crippen LogP contribution in [0.25, 0.3) is 11.3 Å². The van der Waals surface area contributed by atoms with Gasteiger partial charge in [0.2, 0.25) is 0 Å². The molecule has 4 nitrogen and oxygen atoms in total. The van der Waals surface area contributed by atoms with E-state index in [1.807, 2.05) is 79.9 Å². The summed E-state index contributed by atoms with van der Waals surface area (Å²) in [6.45, 7) is 13.8. The average Bonchev–Trinajstić information content (AvgIpc) is 2.89. The van der Waals surface area contributed by atoms with E-state index in [2.05, 4.69) is 23.7 Å². The third-order valence-corrected chi connectivity index (χ3v) is 5.05. The number of likely N-dealkylation sites (N-methyl/N-ethyl adjacent to an activating group) is 1. The van der Waals surface area contributed by atoms with Crippen LogP contribution in [0.1, 0.15) is 38.8 Å². The summed E-state index contributed by atoms with van der Waals surface area (Å²) in [5, 5.41) is 0. The van der Waals surface area contributed by atoms with Crippen molar-refractivity contribution in [1.29, 1.82) is 0 Å². The quantitative estimate of drug-likeness (QED) is 0.507. The van der Waals surface area contributed by atoms with E-state index in [1.54, 1.807) is 6.21 Å². The average molecular weight is 392 g/mol. The van der Waals surface area contributed by atoms with Crippen LogP contribution in [0.4, 0.5) is 5.69 Å². The predicted molar refractivity (Wildman–Crippen MR) is 125 cm³/mol. The number of hydrogen-bond acceptors (Lipinski definition) is 3. The highest BCUT2D eigenvalue weighted by Gasteiger charge is 2.18. The van der Waals surface area contributed by atoms with Gasteiger partial charge in [-0.25, -0.2) is 0 Å². The zero-order valence-electron chi connectivity index (χ0n) is 18.4. The number of rotatable bonds is 7. The van der Waals surface area contributed by atoms with E-state index in [4.69, 9.17) is 0 Å². The summed E-state index contributed by atoms with van der Waals surface area (Å²) in [6.07, 6.45) is 1.72. The van der Waals surface area contributed by atoms with Crippen LogP contribution in [0.5, 0.6) is 0 Å². The molecule has 1 heterocycles. The minimum absolute atomic E-state index is 0.0284. The molecule has 0 saturated heterocycles. The molecule has 0 fully saturated rings. The second kappa shape index (κ2) is 11.3. The smallest absolute Gasteiger partial charge is 0.260 e. The Morgan fingerprint density at radius 1 is 0.966 bits per heavy atom. The number of benzene rings is 1. The lowest BCUT2D eigenvalue weighted by Crippen LogP contribution is -2.30. The molecule has 1 aliphatic carbocycles. The molecule has 0 bridgehead atoms. The van der Waals surface area contributed by atoms with Crippen molar-refractivity contribution < 1.29 is 0 Å². The second-order valence-corrected chi connectivity index (χ2v) is 6.65. The standard InChI is InChI=1S/C23H27N3O.C2H6/c1-4-25(5-2)15-16-26-22-14-8-6-7-12-19(22)20(23(26)27)17-24-21-13-10-9-11-18(21)3;1-2/h6-14,17H,4-5,15-16H2,1-3H3;1-2H3. The van der Waals surface area contributed by atoms with Gasteiger partial charge in [-0.2, -0.15) is 0 Å². The molecule has 1 aromatic rings. The Labute approximate surface area is 174 Å². The summed E-state index contributed by atoms with van der Waals surface area (Å²) in [4.78, 5) is 20.1. The van der Waals surface area contributed by atoms with Crippen LogP contribution >= 0.6 is 0 Å². The van der Waals surface area contributed by atoms with Crippen molar-refractivity contribution in [2.24, 2.45) is 4.99 Å². The predicted octanol–water partition coefficient (Wildman–Crippen LogP) is 5.38. The van der Waals surface area contributed by atoms with Gasteiger partial charge in [0.15, 0.2) is 0 Å². The number of para-hydroxylation sites is 1. The lowest BCUT2D eigenvalue weighted by atomic mass is 10.1. The van der Waals surface area contributed by atoms with Gasteiger partial charge in [0.25, 0.3) is 5.56 Å². The largest absolute Gasteiger partial charge is 0.306 e. The SMILES string of the molecule is CC.CCN(CC)CCn1c2cccccc-2c(C=Nc2ccccc2C)c1=O. The Balaban J connectivity index is 0.00000145. The molecule has 154 valence electrons. The summed E-state index contributed by atoms with van der Waals surface area (Å²) in [6, 6.07) is 17.9. The number of aryl methyl sites for hydroxylation is 1. The van der Waals surface area contributed by atoms with Crippen LogP contribution in [-0.4, -0.2) is 35.3 Å². The van der Waals surface area contributed by atoms with Gasteiger partial charge >= 0.3 is 0 Å². The van der Waals surface area contributed by atoms with Gasteiger partial charge in [0.1, 0.15) is 0 Å². The molecule has 0 amide bonds. The van der Waals surface area contributed by atoms with Gasteiger partial charge in [-0.15, -0.1) is 0 Å². The van der Waals surface area contributed by atoms with Gasteiger partial charge in [-0.05, 0) is 37.7 Å². The summed E-state index contributed by atoms with van der Waals surface area (Å²) < 4.78 is 1.88. The third-order valence-electron chi connectivity index (χ3n) is 5.05. The fourth-order valence-electron chi connectivity index (χ4n) is 3.34. The number of fused-ring (bicyclic) bond motifs is 1. The molecule has 3 rings (SSSR count). The van der Waals surface area contributed by atoms with Crippen LogP contribution in [0.3, 0.4) is 0 Å². The first-order valence-electron chi connectivity index (χ1n) is 10.6. The fraction of sp³-hybridized carbons (Fsp3) is 0.360. The molecule has 0 radical (unpaired) electrons. The van der Waals surface area contributed by atoms with Crippen molar-refractivity contribution >= 4 is 11.9 Å². The minimum Gasteiger partial charge on any atom is -0.306 e. The van der Waals surface area contributed by atoms with E-state index in [1.165, 1.54) is 0 Å². The molecule has 1 aromatic carbocycles. The molecule has 29 heavy (non-hydrogen) atoms. The van der Waals surface area contributed by atoms with E-state index in [0.717, 1.165) is 42.1 Å². The molecule has 2 aliphatic rings. The zero-order valence-corrected chi connectivity index (χ0v) is 18.4. The molecule has 0 unspecified atom stereocenters. The summed E-state index contributed by atoms with van der Waals surface area (Å²) in [7, 11) is 0. The van der Waals surface area contributed by atoms with E-state index >= 15 is 0 Å². The molecule has 0 saturated carbocycles. The fourth-order valence-corrected chi connectivity index (χ4v) is 3.34. The van der Waals surface area contributed by atoms with Crippen LogP contribution in [0.2, 0.25) is 0 Å². The minimum atomic E-state index is 0.0284. The van der Waals surface area contributed by atoms with Gasteiger partial charge in [-0.1, -0.05) is 70.2 Å². The number of nitrogens with zero attached hydrogens (tertiary/aromatic N) is 3. The maximum absolute atomic E-state index is 13.1. The molecule has 0 aromatic heterocycles.